The normalized spacial score (nSPS) is 24.8. The van der Waals surface area contributed by atoms with E-state index < -0.39 is 99.3 Å². The van der Waals surface area contributed by atoms with Gasteiger partial charge in [0.2, 0.25) is 0 Å². The second-order valence-corrected chi connectivity index (χ2v) is 21.2. The van der Waals surface area contributed by atoms with Gasteiger partial charge < -0.3 is 64.2 Å². The molecule has 74 heavy (non-hydrogen) atoms. The van der Waals surface area contributed by atoms with Gasteiger partial charge in [-0.2, -0.15) is 0 Å². The maximum atomic E-state index is 13.1. The van der Waals surface area contributed by atoms with Gasteiger partial charge >= 0.3 is 11.9 Å². The molecule has 0 aromatic carbocycles. The number of carbonyl (C=O) groups is 2. The Morgan fingerprint density at radius 1 is 0.419 bits per heavy atom. The zero-order chi connectivity index (χ0) is 53.9. The Kier molecular flexibility index (Phi) is 42.3. The monoisotopic (exact) mass is 1060 g/mol. The minimum Gasteiger partial charge on any atom is -0.462 e. The minimum absolute atomic E-state index is 0.114. The molecule has 2 aliphatic rings. The molecule has 2 saturated heterocycles. The molecule has 15 heteroatoms. The van der Waals surface area contributed by atoms with Crippen molar-refractivity contribution in [3.63, 3.8) is 0 Å². The molecule has 11 atom stereocenters. The van der Waals surface area contributed by atoms with E-state index >= 15 is 0 Å². The molecule has 2 aliphatic heterocycles. The minimum atomic E-state index is -1.77. The van der Waals surface area contributed by atoms with Crippen molar-refractivity contribution in [2.45, 2.75) is 313 Å². The van der Waals surface area contributed by atoms with E-state index in [1.165, 1.54) is 173 Å². The number of aliphatic hydroxyl groups excluding tert-OH is 7. The van der Waals surface area contributed by atoms with Crippen LogP contribution >= 0.6 is 0 Å². The van der Waals surface area contributed by atoms with Crippen LogP contribution in [0.15, 0.2) is 24.3 Å². The number of esters is 2. The van der Waals surface area contributed by atoms with Crippen LogP contribution in [0, 0.1) is 0 Å². The van der Waals surface area contributed by atoms with Gasteiger partial charge in [0.15, 0.2) is 18.7 Å². The number of ether oxygens (including phenoxy) is 6. The van der Waals surface area contributed by atoms with E-state index in [1.807, 2.05) is 6.08 Å². The second-order valence-electron chi connectivity index (χ2n) is 21.2. The van der Waals surface area contributed by atoms with Gasteiger partial charge in [0.1, 0.15) is 55.4 Å². The number of carbonyl (C=O) groups excluding carboxylic acids is 2. The van der Waals surface area contributed by atoms with Gasteiger partial charge in [-0.1, -0.05) is 212 Å². The van der Waals surface area contributed by atoms with Gasteiger partial charge in [0.05, 0.1) is 19.8 Å². The molecule has 0 bridgehead atoms. The summed E-state index contributed by atoms with van der Waals surface area (Å²) in [6, 6.07) is 0. The van der Waals surface area contributed by atoms with Crippen molar-refractivity contribution in [2.75, 3.05) is 26.4 Å². The zero-order valence-electron chi connectivity index (χ0n) is 46.3. The van der Waals surface area contributed by atoms with Crippen molar-refractivity contribution >= 4 is 11.9 Å². The highest BCUT2D eigenvalue weighted by molar-refractivity contribution is 5.70. The summed E-state index contributed by atoms with van der Waals surface area (Å²) in [5, 5.41) is 72.3. The third-order valence-corrected chi connectivity index (χ3v) is 14.4. The molecule has 2 rings (SSSR count). The first-order chi connectivity index (χ1) is 36.0. The zero-order valence-corrected chi connectivity index (χ0v) is 46.3. The SMILES string of the molecule is CCCCCCCCCCCCC/C=C/CCC(=O)OC[C@H](CO[C@H]1O[C@@H](CO[C@H]2O[C@@H](CO)[C@@H](O)C(O)C2O)[C@@H](O)C(O)C1O)OC(=O)CCC/C=C/CCCCCCCCCCCCCCCCCCCC. The summed E-state index contributed by atoms with van der Waals surface area (Å²) < 4.78 is 33.6. The highest BCUT2D eigenvalue weighted by Gasteiger charge is 2.47. The van der Waals surface area contributed by atoms with Gasteiger partial charge in [-0.25, -0.2) is 0 Å². The topological polar surface area (TPSA) is 231 Å². The quantitative estimate of drug-likeness (QED) is 0.0171. The van der Waals surface area contributed by atoms with E-state index in [2.05, 4.69) is 32.1 Å². The lowest BCUT2D eigenvalue weighted by molar-refractivity contribution is -0.332. The highest BCUT2D eigenvalue weighted by Crippen LogP contribution is 2.27. The summed E-state index contributed by atoms with van der Waals surface area (Å²) in [6.45, 7) is 2.57. The fourth-order valence-electron chi connectivity index (χ4n) is 9.54. The smallest absolute Gasteiger partial charge is 0.306 e. The van der Waals surface area contributed by atoms with E-state index in [0.717, 1.165) is 25.7 Å². The summed E-state index contributed by atoms with van der Waals surface area (Å²) in [6.07, 6.45) is 33.7. The average molecular weight is 1060 g/mol. The second kappa shape index (κ2) is 45.9. The molecule has 0 radical (unpaired) electrons. The number of hydrogen-bond acceptors (Lipinski definition) is 15. The molecular weight excluding hydrogens is 949 g/mol. The Morgan fingerprint density at radius 2 is 0.797 bits per heavy atom. The molecule has 434 valence electrons. The predicted molar refractivity (Wildman–Crippen MR) is 289 cm³/mol. The van der Waals surface area contributed by atoms with Crippen LogP contribution in [0.5, 0.6) is 0 Å². The number of unbranched alkanes of at least 4 members (excludes halogenated alkanes) is 30. The first-order valence-corrected chi connectivity index (χ1v) is 29.9. The Morgan fingerprint density at radius 3 is 1.24 bits per heavy atom. The van der Waals surface area contributed by atoms with Crippen LogP contribution in [-0.2, 0) is 38.0 Å². The summed E-state index contributed by atoms with van der Waals surface area (Å²) in [5.41, 5.74) is 0. The average Bonchev–Trinajstić information content (AvgIpc) is 3.39. The molecule has 7 N–H and O–H groups in total. The number of hydrogen-bond donors (Lipinski definition) is 7. The molecule has 0 aromatic heterocycles. The van der Waals surface area contributed by atoms with E-state index in [4.69, 9.17) is 28.4 Å². The Hall–Kier alpha value is -2.02. The van der Waals surface area contributed by atoms with Crippen LogP contribution in [0.4, 0.5) is 0 Å². The Labute approximate surface area is 447 Å². The fourth-order valence-corrected chi connectivity index (χ4v) is 9.54. The number of aliphatic hydroxyl groups is 7. The molecule has 0 saturated carbocycles. The third kappa shape index (κ3) is 32.7. The van der Waals surface area contributed by atoms with Crippen molar-refractivity contribution < 1.29 is 73.8 Å². The maximum absolute atomic E-state index is 13.1. The van der Waals surface area contributed by atoms with Crippen LogP contribution in [0.2, 0.25) is 0 Å². The van der Waals surface area contributed by atoms with E-state index in [0.29, 0.717) is 19.3 Å². The summed E-state index contributed by atoms with van der Waals surface area (Å²) in [7, 11) is 0. The van der Waals surface area contributed by atoms with Gasteiger partial charge in [0, 0.05) is 12.8 Å². The predicted octanol–water partition coefficient (Wildman–Crippen LogP) is 10.3. The van der Waals surface area contributed by atoms with Gasteiger partial charge in [0.25, 0.3) is 0 Å². The lowest BCUT2D eigenvalue weighted by Crippen LogP contribution is -2.61. The molecule has 0 spiro atoms. The molecular formula is C59H108O15. The van der Waals surface area contributed by atoms with Crippen molar-refractivity contribution in [1.29, 1.82) is 0 Å². The van der Waals surface area contributed by atoms with E-state index in [1.54, 1.807) is 0 Å². The summed E-state index contributed by atoms with van der Waals surface area (Å²) >= 11 is 0. The van der Waals surface area contributed by atoms with Crippen LogP contribution < -0.4 is 0 Å². The number of allylic oxidation sites excluding steroid dienone is 4. The van der Waals surface area contributed by atoms with Crippen molar-refractivity contribution in [2.24, 2.45) is 0 Å². The van der Waals surface area contributed by atoms with E-state index in [9.17, 15) is 45.3 Å². The molecule has 2 fully saturated rings. The van der Waals surface area contributed by atoms with Crippen LogP contribution in [0.25, 0.3) is 0 Å². The van der Waals surface area contributed by atoms with Crippen LogP contribution in [0.3, 0.4) is 0 Å². The van der Waals surface area contributed by atoms with Crippen LogP contribution in [-0.4, -0.2) is 142 Å². The molecule has 2 heterocycles. The van der Waals surface area contributed by atoms with Crippen molar-refractivity contribution in [3.8, 4) is 0 Å². The third-order valence-electron chi connectivity index (χ3n) is 14.4. The number of rotatable bonds is 48. The Bertz CT molecular complexity index is 1380. The maximum Gasteiger partial charge on any atom is 0.306 e. The molecule has 15 nitrogen and oxygen atoms in total. The van der Waals surface area contributed by atoms with Crippen LogP contribution in [0.1, 0.15) is 245 Å². The van der Waals surface area contributed by atoms with Crippen molar-refractivity contribution in [3.05, 3.63) is 24.3 Å². The van der Waals surface area contributed by atoms with Gasteiger partial charge in [-0.3, -0.25) is 9.59 Å². The van der Waals surface area contributed by atoms with Crippen molar-refractivity contribution in [1.82, 2.24) is 0 Å². The lowest BCUT2D eigenvalue weighted by Gasteiger charge is -2.42. The summed E-state index contributed by atoms with van der Waals surface area (Å²) in [4.78, 5) is 25.8. The Balaban J connectivity index is 1.75. The highest BCUT2D eigenvalue weighted by atomic mass is 16.7. The standard InChI is InChI=1S/C59H108O15/c1-3-5-7-9-11-13-15-17-19-20-21-22-23-24-25-26-28-30-32-34-36-38-40-42-51(62)72-47(44-69-50(61)41-39-37-35-33-31-29-27-18-16-14-12-10-8-6-4-2)45-70-58-57(68)55(66)53(64)49(74-58)46-71-59-56(67)54(65)52(63)48(43-60)73-59/h34-37,47-49,52-60,63-68H,3-33,38-46H2,1-2H3/b36-34+,37-35+/t47-,48+,49+,52-,53-,54?,55?,56?,57?,58+,59+/m1/s1. The fraction of sp³-hybridized carbons (Fsp3) is 0.898. The first-order valence-electron chi connectivity index (χ1n) is 29.9. The van der Waals surface area contributed by atoms with Gasteiger partial charge in [-0.15, -0.1) is 0 Å². The van der Waals surface area contributed by atoms with E-state index in [-0.39, 0.29) is 19.4 Å². The molecule has 0 aromatic rings. The van der Waals surface area contributed by atoms with Gasteiger partial charge in [-0.05, 0) is 44.9 Å². The largest absolute Gasteiger partial charge is 0.462 e. The summed E-state index contributed by atoms with van der Waals surface area (Å²) in [5.74, 6) is -1.01. The lowest BCUT2D eigenvalue weighted by atomic mass is 9.98. The molecule has 0 aliphatic carbocycles. The first kappa shape index (κ1) is 68.1. The molecule has 4 unspecified atom stereocenters. The molecule has 0 amide bonds.